The van der Waals surface area contributed by atoms with E-state index in [4.69, 9.17) is 60.3 Å². The van der Waals surface area contributed by atoms with Gasteiger partial charge in [-0.2, -0.15) is 0 Å². The molecule has 0 aliphatic carbocycles. The number of Topliss-reactive ketones (excluding diaryl/α,β-unsaturated/α-hetero) is 1. The third kappa shape index (κ3) is 21.0. The SMILES string of the molecule is Cc1c(C(=O)CCCN(CCNC(=O)c2ccc(C(=O)N3CCSC3=S)c(OCc3ccccc3)c2OCc2ccccc2)CC(CCCNC(=O)OC(C)(C)C)NC(=O)c2ccc(C(=O)N3CCSC3=S)c(OCc3ccccc3)c2OCc2ccccc2)ccc(C(=O)N2CCSC2=S)c1C. The molecule has 7 aromatic rings. The molecular formula is C78H83N7O12S6. The van der Waals surface area contributed by atoms with Crippen molar-refractivity contribution >= 4 is 126 Å². The number of alkyl carbamates (subject to hydrolysis) is 1. The Morgan fingerprint density at radius 1 is 0.466 bits per heavy atom. The first-order chi connectivity index (χ1) is 49.7. The summed E-state index contributed by atoms with van der Waals surface area (Å²) < 4.78 is 33.5. The molecule has 0 radical (unpaired) electrons. The summed E-state index contributed by atoms with van der Waals surface area (Å²) in [5.74, 6) is -0.0839. The predicted molar refractivity (Wildman–Crippen MR) is 417 cm³/mol. The fourth-order valence-electron chi connectivity index (χ4n) is 11.8. The summed E-state index contributed by atoms with van der Waals surface area (Å²) >= 11 is 21.0. The maximum Gasteiger partial charge on any atom is 0.407 e. The van der Waals surface area contributed by atoms with Crippen LogP contribution in [0.2, 0.25) is 0 Å². The minimum atomic E-state index is -0.762. The van der Waals surface area contributed by atoms with Gasteiger partial charge in [-0.3, -0.25) is 48.4 Å². The maximum absolute atomic E-state index is 15.5. The standard InChI is InChI=1S/C78H83N7O12S6/c1-51-52(2)59(71(89)83-40-43-101-75(83)98)31-30-58(51)64(86)29-19-38-82(39-37-79-69(87)60-32-34-62(72(90)84-41-44-102-76(84)99)67(95-49-55-24-14-8-15-25-55)65(60)93-47-53-20-10-6-11-21-53)46-57(28-18-36-80-74(92)97-78(3,4)5)81-70(88)61-33-35-63(73(91)85-42-45-103-77(85)100)68(96-50-56-26-16-9-17-27-56)66(61)94-48-54-22-12-7-13-23-54/h6-17,20-27,30-35,57H,18-19,28-29,36-50H2,1-5H3,(H,79,87)(H,80,92)(H,81,88). The van der Waals surface area contributed by atoms with E-state index in [-0.39, 0.29) is 123 Å². The molecule has 0 aromatic heterocycles. The number of carbonyl (C=O) groups excluding carboxylic acids is 7. The van der Waals surface area contributed by atoms with Gasteiger partial charge in [0, 0.05) is 86.7 Å². The Labute approximate surface area is 630 Å². The zero-order valence-electron chi connectivity index (χ0n) is 58.2. The second kappa shape index (κ2) is 37.1. The van der Waals surface area contributed by atoms with E-state index in [9.17, 15) is 24.0 Å². The Hall–Kier alpha value is -8.69. The normalized spacial score (nSPS) is 14.0. The lowest BCUT2D eigenvalue weighted by Gasteiger charge is -2.29. The summed E-state index contributed by atoms with van der Waals surface area (Å²) in [5.41, 5.74) is 5.25. The van der Waals surface area contributed by atoms with Gasteiger partial charge >= 0.3 is 6.09 Å². The minimum absolute atomic E-state index is 0.00165. The molecule has 3 fully saturated rings. The van der Waals surface area contributed by atoms with Crippen LogP contribution in [-0.2, 0) is 31.2 Å². The summed E-state index contributed by atoms with van der Waals surface area (Å²) in [6, 6.07) is 46.6. The summed E-state index contributed by atoms with van der Waals surface area (Å²) in [4.78, 5) is 108. The number of nitrogens with one attached hydrogen (secondary N) is 3. The highest BCUT2D eigenvalue weighted by molar-refractivity contribution is 8.24. The third-order valence-electron chi connectivity index (χ3n) is 17.2. The fraction of sp³-hybridized carbons (Fsp3) is 0.333. The van der Waals surface area contributed by atoms with Crippen LogP contribution in [0.15, 0.2) is 158 Å². The quantitative estimate of drug-likeness (QED) is 0.0203. The van der Waals surface area contributed by atoms with Crippen molar-refractivity contribution in [3.63, 3.8) is 0 Å². The van der Waals surface area contributed by atoms with Crippen LogP contribution in [0.5, 0.6) is 23.0 Å². The van der Waals surface area contributed by atoms with Crippen LogP contribution in [0.3, 0.4) is 0 Å². The first-order valence-corrected chi connectivity index (χ1v) is 38.3. The van der Waals surface area contributed by atoms with Crippen LogP contribution in [0.25, 0.3) is 0 Å². The smallest absolute Gasteiger partial charge is 0.407 e. The van der Waals surface area contributed by atoms with Gasteiger partial charge in [0.25, 0.3) is 29.5 Å². The highest BCUT2D eigenvalue weighted by Gasteiger charge is 2.35. The van der Waals surface area contributed by atoms with Crippen LogP contribution < -0.4 is 34.9 Å². The summed E-state index contributed by atoms with van der Waals surface area (Å²) in [5, 5.41) is 9.27. The largest absolute Gasteiger partial charge is 0.484 e. The lowest BCUT2D eigenvalue weighted by molar-refractivity contribution is 0.0524. The Balaban J connectivity index is 0.984. The van der Waals surface area contributed by atoms with E-state index in [0.717, 1.165) is 22.3 Å². The molecule has 0 spiro atoms. The van der Waals surface area contributed by atoms with Crippen molar-refractivity contribution < 1.29 is 57.2 Å². The summed E-state index contributed by atoms with van der Waals surface area (Å²) in [6.45, 7) is 11.2. The second-order valence-corrected chi connectivity index (χ2v) is 30.9. The van der Waals surface area contributed by atoms with E-state index >= 15 is 9.59 Å². The van der Waals surface area contributed by atoms with Crippen molar-refractivity contribution in [2.45, 2.75) is 98.4 Å². The van der Waals surface area contributed by atoms with Crippen molar-refractivity contribution in [2.24, 2.45) is 0 Å². The highest BCUT2D eigenvalue weighted by atomic mass is 32.2. The van der Waals surface area contributed by atoms with Gasteiger partial charge in [-0.25, -0.2) is 4.79 Å². The molecule has 103 heavy (non-hydrogen) atoms. The molecule has 25 heteroatoms. The molecule has 0 saturated carbocycles. The molecule has 538 valence electrons. The van der Waals surface area contributed by atoms with Gasteiger partial charge in [0.1, 0.15) is 45.0 Å². The fourth-order valence-corrected chi connectivity index (χ4v) is 15.4. The number of benzene rings is 7. The average Bonchev–Trinajstić information content (AvgIpc) is 1.66. The number of amides is 6. The minimum Gasteiger partial charge on any atom is -0.484 e. The molecule has 0 bridgehead atoms. The molecule has 3 heterocycles. The van der Waals surface area contributed by atoms with Gasteiger partial charge in [0.15, 0.2) is 28.8 Å². The van der Waals surface area contributed by atoms with Crippen LogP contribution in [0.1, 0.15) is 142 Å². The number of thioether (sulfide) groups is 3. The van der Waals surface area contributed by atoms with Crippen LogP contribution >= 0.6 is 71.9 Å². The third-order valence-corrected chi connectivity index (χ3v) is 21.5. The van der Waals surface area contributed by atoms with E-state index in [2.05, 4.69) is 20.9 Å². The molecule has 1 unspecified atom stereocenters. The zero-order chi connectivity index (χ0) is 73.0. The molecular weight excluding hydrogens is 1420 g/mol. The van der Waals surface area contributed by atoms with Crippen molar-refractivity contribution in [1.29, 1.82) is 0 Å². The Bertz CT molecular complexity index is 4240. The van der Waals surface area contributed by atoms with Crippen molar-refractivity contribution in [2.75, 3.05) is 69.6 Å². The number of hydrogen-bond acceptors (Lipinski definition) is 19. The van der Waals surface area contributed by atoms with Gasteiger partial charge in [-0.1, -0.05) is 199 Å². The van der Waals surface area contributed by atoms with Gasteiger partial charge in [-0.15, -0.1) is 0 Å². The summed E-state index contributed by atoms with van der Waals surface area (Å²) in [6.07, 6.45) is 0.472. The van der Waals surface area contributed by atoms with E-state index < -0.39 is 41.4 Å². The summed E-state index contributed by atoms with van der Waals surface area (Å²) in [7, 11) is 0. The maximum atomic E-state index is 15.5. The number of ether oxygens (including phenoxy) is 5. The van der Waals surface area contributed by atoms with E-state index in [1.165, 1.54) is 45.1 Å². The second-order valence-electron chi connectivity index (χ2n) is 25.7. The lowest BCUT2D eigenvalue weighted by atomic mass is 9.93. The number of rotatable bonds is 32. The van der Waals surface area contributed by atoms with Crippen LogP contribution in [0.4, 0.5) is 4.79 Å². The lowest BCUT2D eigenvalue weighted by Crippen LogP contribution is -2.46. The zero-order valence-corrected chi connectivity index (χ0v) is 63.1. The van der Waals surface area contributed by atoms with Crippen molar-refractivity contribution in [1.82, 2.24) is 35.6 Å². The van der Waals surface area contributed by atoms with Crippen molar-refractivity contribution in [3.05, 3.63) is 224 Å². The average molecular weight is 1500 g/mol. The topological polar surface area (TPSA) is 215 Å². The Kier molecular flexibility index (Phi) is 27.7. The first-order valence-electron chi connectivity index (χ1n) is 34.1. The van der Waals surface area contributed by atoms with E-state index in [1.54, 1.807) is 62.1 Å². The van der Waals surface area contributed by atoms with Crippen molar-refractivity contribution in [3.8, 4) is 23.0 Å². The van der Waals surface area contributed by atoms with E-state index in [1.807, 2.05) is 135 Å². The monoisotopic (exact) mass is 1500 g/mol. The molecule has 6 amide bonds. The van der Waals surface area contributed by atoms with Gasteiger partial charge < -0.3 is 39.6 Å². The molecule has 3 N–H and O–H groups in total. The van der Waals surface area contributed by atoms with Gasteiger partial charge in [0.2, 0.25) is 0 Å². The molecule has 3 saturated heterocycles. The molecule has 3 aliphatic heterocycles. The van der Waals surface area contributed by atoms with Crippen LogP contribution in [-0.4, -0.2) is 155 Å². The molecule has 1 atom stereocenters. The number of ketones is 1. The Morgan fingerprint density at radius 2 is 0.845 bits per heavy atom. The number of nitrogens with zero attached hydrogens (tertiary/aromatic N) is 4. The number of hydrogen-bond donors (Lipinski definition) is 3. The molecule has 19 nitrogen and oxygen atoms in total. The van der Waals surface area contributed by atoms with Gasteiger partial charge in [-0.05, 0) is 124 Å². The molecule has 7 aromatic carbocycles. The number of carbonyl (C=O) groups is 7. The van der Waals surface area contributed by atoms with Crippen LogP contribution in [0, 0.1) is 13.8 Å². The number of thiocarbonyl (C=S) groups is 3. The molecule has 10 rings (SSSR count). The van der Waals surface area contributed by atoms with Gasteiger partial charge in [0.05, 0.1) is 22.3 Å². The Morgan fingerprint density at radius 3 is 1.26 bits per heavy atom. The predicted octanol–water partition coefficient (Wildman–Crippen LogP) is 13.8. The highest BCUT2D eigenvalue weighted by Crippen LogP contribution is 2.41. The molecule has 3 aliphatic rings. The first kappa shape index (κ1) is 76.9. The van der Waals surface area contributed by atoms with E-state index in [0.29, 0.717) is 91.4 Å².